The van der Waals surface area contributed by atoms with Gasteiger partial charge in [-0.2, -0.15) is 9.97 Å². The monoisotopic (exact) mass is 939 g/mol. The molecule has 0 bridgehead atoms. The molecule has 4 aliphatic rings. The molecule has 4 fully saturated rings. The van der Waals surface area contributed by atoms with Gasteiger partial charge in [0.15, 0.2) is 34.5 Å². The number of rotatable bonds is 17. The summed E-state index contributed by atoms with van der Waals surface area (Å²) in [5, 5.41) is 12.5. The van der Waals surface area contributed by atoms with Crippen LogP contribution in [0.4, 0.5) is 23.5 Å². The molecule has 68 heavy (non-hydrogen) atoms. The van der Waals surface area contributed by atoms with Gasteiger partial charge in [0.1, 0.15) is 11.6 Å². The Morgan fingerprint density at radius 3 is 1.54 bits per heavy atom. The summed E-state index contributed by atoms with van der Waals surface area (Å²) in [6.07, 6.45) is 6.30. The summed E-state index contributed by atoms with van der Waals surface area (Å²) in [6.45, 7) is 13.7. The molecular formula is C50H70N10O8. The lowest BCUT2D eigenvalue weighted by molar-refractivity contribution is 0.122. The van der Waals surface area contributed by atoms with Crippen LogP contribution in [0.1, 0.15) is 51.0 Å². The summed E-state index contributed by atoms with van der Waals surface area (Å²) in [5.41, 5.74) is 2.91. The Morgan fingerprint density at radius 1 is 0.574 bits per heavy atom. The first-order valence-corrected chi connectivity index (χ1v) is 24.2. The molecule has 6 heterocycles. The number of piperidine rings is 2. The number of fused-ring (bicyclic) bond motifs is 2. The van der Waals surface area contributed by atoms with Crippen LogP contribution >= 0.6 is 0 Å². The molecule has 368 valence electrons. The van der Waals surface area contributed by atoms with E-state index in [2.05, 4.69) is 49.7 Å². The minimum atomic E-state index is 0.296. The van der Waals surface area contributed by atoms with Crippen molar-refractivity contribution < 1.29 is 37.9 Å². The van der Waals surface area contributed by atoms with E-state index in [0.29, 0.717) is 80.0 Å². The Bertz CT molecular complexity index is 2400. The molecule has 0 radical (unpaired) electrons. The van der Waals surface area contributed by atoms with Gasteiger partial charge in [0.25, 0.3) is 0 Å². The third-order valence-electron chi connectivity index (χ3n) is 13.0. The number of ether oxygens (including phenoxy) is 8. The van der Waals surface area contributed by atoms with Crippen LogP contribution in [0.5, 0.6) is 34.5 Å². The van der Waals surface area contributed by atoms with Crippen molar-refractivity contribution in [3.8, 4) is 34.5 Å². The van der Waals surface area contributed by atoms with Crippen molar-refractivity contribution >= 4 is 45.3 Å². The third kappa shape index (κ3) is 12.1. The molecular weight excluding hydrogens is 869 g/mol. The first-order valence-electron chi connectivity index (χ1n) is 24.2. The summed E-state index contributed by atoms with van der Waals surface area (Å²) in [4.78, 5) is 26.6. The van der Waals surface area contributed by atoms with Crippen LogP contribution in [0, 0.1) is 0 Å². The van der Waals surface area contributed by atoms with Crippen molar-refractivity contribution in [3.63, 3.8) is 0 Å². The van der Waals surface area contributed by atoms with Gasteiger partial charge in [0.05, 0.1) is 79.6 Å². The largest absolute Gasteiger partial charge is 0.493 e. The summed E-state index contributed by atoms with van der Waals surface area (Å²) in [5.74, 6) is 7.43. The average Bonchev–Trinajstić information content (AvgIpc) is 3.39. The molecule has 4 aliphatic heterocycles. The third-order valence-corrected chi connectivity index (χ3v) is 13.0. The van der Waals surface area contributed by atoms with Crippen LogP contribution in [0.15, 0.2) is 42.5 Å². The van der Waals surface area contributed by atoms with E-state index in [1.807, 2.05) is 30.3 Å². The number of benzene rings is 3. The highest BCUT2D eigenvalue weighted by molar-refractivity contribution is 5.94. The number of hydrogen-bond donors (Lipinski definition) is 3. The number of likely N-dealkylation sites (tertiary alicyclic amines) is 1. The summed E-state index contributed by atoms with van der Waals surface area (Å²) >= 11 is 0. The van der Waals surface area contributed by atoms with Gasteiger partial charge in [-0.25, -0.2) is 9.97 Å². The smallest absolute Gasteiger partial charge is 0.225 e. The Hall–Kier alpha value is -5.82. The van der Waals surface area contributed by atoms with Crippen molar-refractivity contribution in [2.75, 3.05) is 141 Å². The highest BCUT2D eigenvalue weighted by Gasteiger charge is 2.25. The van der Waals surface area contributed by atoms with Crippen LogP contribution < -0.4 is 54.2 Å². The summed E-state index contributed by atoms with van der Waals surface area (Å²) < 4.78 is 44.7. The van der Waals surface area contributed by atoms with Crippen LogP contribution in [0.3, 0.4) is 0 Å². The van der Waals surface area contributed by atoms with E-state index in [1.165, 1.54) is 5.56 Å². The number of morpholine rings is 2. The highest BCUT2D eigenvalue weighted by Crippen LogP contribution is 2.38. The molecule has 18 nitrogen and oxygen atoms in total. The molecule has 0 amide bonds. The number of methoxy groups -OCH3 is 5. The maximum atomic E-state index is 6.00. The van der Waals surface area contributed by atoms with Gasteiger partial charge in [-0.3, -0.25) is 4.90 Å². The Morgan fingerprint density at radius 2 is 1.06 bits per heavy atom. The van der Waals surface area contributed by atoms with Crippen molar-refractivity contribution in [2.45, 2.75) is 64.1 Å². The van der Waals surface area contributed by atoms with Gasteiger partial charge in [-0.15, -0.1) is 0 Å². The second kappa shape index (κ2) is 24.0. The van der Waals surface area contributed by atoms with Crippen molar-refractivity contribution in [1.82, 2.24) is 30.2 Å². The van der Waals surface area contributed by atoms with Crippen LogP contribution in [0.25, 0.3) is 21.8 Å². The lowest BCUT2D eigenvalue weighted by Crippen LogP contribution is -2.39. The maximum Gasteiger partial charge on any atom is 0.225 e. The number of anilines is 4. The number of nitrogens with one attached hydrogen (secondary N) is 3. The second-order valence-electron chi connectivity index (χ2n) is 17.4. The predicted molar refractivity (Wildman–Crippen MR) is 266 cm³/mol. The first kappa shape index (κ1) is 48.6. The van der Waals surface area contributed by atoms with Gasteiger partial charge < -0.3 is 63.6 Å². The van der Waals surface area contributed by atoms with Crippen LogP contribution in [-0.4, -0.2) is 158 Å². The van der Waals surface area contributed by atoms with Gasteiger partial charge in [0.2, 0.25) is 11.9 Å². The van der Waals surface area contributed by atoms with E-state index in [-0.39, 0.29) is 0 Å². The van der Waals surface area contributed by atoms with Crippen LogP contribution in [0.2, 0.25) is 0 Å². The topological polar surface area (TPSA) is 171 Å². The first-order chi connectivity index (χ1) is 33.4. The quantitative estimate of drug-likeness (QED) is 0.0875. The molecule has 0 saturated carbocycles. The lowest BCUT2D eigenvalue weighted by atomic mass is 10.0. The highest BCUT2D eigenvalue weighted by atomic mass is 16.5. The van der Waals surface area contributed by atoms with Crippen molar-refractivity contribution in [1.29, 1.82) is 0 Å². The standard InChI is InChI=1S/C31H43N5O5.C19H27N5O3/c1-5-6-15-41-29-18-22(7-8-26(29)37-2)21-35-11-9-23(10-12-35)32-31-33-25-20-28(39-4)27(38-3)19-24(25)30(34-31)36-13-16-40-17-14-36;1-25-16-11-14-15(12-17(16)26-2)22-19(21-13-3-5-20-6-4-13)23-18(14)24-7-9-27-10-8-24/h7-8,18-20,23H,5-6,9-17,21H2,1-4H3,(H,32,33,34);11-13,20H,3-10H2,1-2H3,(H,21,22,23). The lowest BCUT2D eigenvalue weighted by Gasteiger charge is -2.33. The Balaban J connectivity index is 0.000000200. The maximum absolute atomic E-state index is 6.00. The molecule has 2 aromatic heterocycles. The number of unbranched alkanes of at least 4 members (excludes halogenated alkanes) is 1. The number of aromatic nitrogens is 4. The number of hydrogen-bond acceptors (Lipinski definition) is 18. The van der Waals surface area contributed by atoms with E-state index in [4.69, 9.17) is 57.8 Å². The molecule has 3 N–H and O–H groups in total. The van der Waals surface area contributed by atoms with Crippen molar-refractivity contribution in [3.05, 3.63) is 48.0 Å². The van der Waals surface area contributed by atoms with E-state index < -0.39 is 0 Å². The van der Waals surface area contributed by atoms with E-state index in [0.717, 1.165) is 142 Å². The Kier molecular flexibility index (Phi) is 17.1. The minimum Gasteiger partial charge on any atom is -0.493 e. The molecule has 0 spiro atoms. The Labute approximate surface area is 400 Å². The average molecular weight is 939 g/mol. The van der Waals surface area contributed by atoms with Gasteiger partial charge in [-0.05, 0) is 75.0 Å². The SMILES string of the molecule is CCCCOc1cc(CN2CCC(Nc3nc(N4CCOCC4)c4cc(OC)c(OC)cc4n3)CC2)ccc1OC.COc1cc2nc(NC3CCNCC3)nc(N3CCOCC3)c2cc1OC. The zero-order valence-electron chi connectivity index (χ0n) is 40.7. The van der Waals surface area contributed by atoms with Crippen LogP contribution in [-0.2, 0) is 16.0 Å². The summed E-state index contributed by atoms with van der Waals surface area (Å²) in [7, 11) is 8.27. The van der Waals surface area contributed by atoms with Gasteiger partial charge in [0, 0.05) is 80.8 Å². The van der Waals surface area contributed by atoms with Gasteiger partial charge in [-0.1, -0.05) is 19.4 Å². The normalized spacial score (nSPS) is 17.3. The zero-order chi connectivity index (χ0) is 47.2. The molecule has 9 rings (SSSR count). The van der Waals surface area contributed by atoms with E-state index >= 15 is 0 Å². The molecule has 0 atom stereocenters. The van der Waals surface area contributed by atoms with Crippen molar-refractivity contribution in [2.24, 2.45) is 0 Å². The second-order valence-corrected chi connectivity index (χ2v) is 17.4. The number of nitrogens with zero attached hydrogens (tertiary/aromatic N) is 7. The summed E-state index contributed by atoms with van der Waals surface area (Å²) in [6, 6.07) is 14.8. The minimum absolute atomic E-state index is 0.296. The molecule has 18 heteroatoms. The molecule has 3 aromatic carbocycles. The molecule has 0 aliphatic carbocycles. The zero-order valence-corrected chi connectivity index (χ0v) is 40.7. The fraction of sp³-hybridized carbons (Fsp3) is 0.560. The fourth-order valence-electron chi connectivity index (χ4n) is 9.12. The molecule has 5 aromatic rings. The van der Waals surface area contributed by atoms with Gasteiger partial charge >= 0.3 is 0 Å². The van der Waals surface area contributed by atoms with E-state index in [9.17, 15) is 0 Å². The van der Waals surface area contributed by atoms with E-state index in [1.54, 1.807) is 35.5 Å². The molecule has 0 unspecified atom stereocenters. The fourth-order valence-corrected chi connectivity index (χ4v) is 9.12. The molecule has 4 saturated heterocycles. The predicted octanol–water partition coefficient (Wildman–Crippen LogP) is 6.40.